The van der Waals surface area contributed by atoms with Gasteiger partial charge in [0, 0.05) is 38.1 Å². The first-order valence-electron chi connectivity index (χ1n) is 16.9. The standard InChI is InChI=1S/C32H39N13O7/c1-5-34-27(49)22-20(46)21(47)29(52-22)45-13-35-18-23(33)38-30(39-24(18)45)36-15-9-11-16-14(12-15)8-10-17(37-16)26(48)41-31-40-25-19(42(31)4)28(50)44(7-3)32(51)43(25)6-2/h9,11-13,17,20-22,29,37,46-47H,5-8,10H2,1-4H3,(H,34,49)(H,40,41,48)(H3,33,36,38,39)/t17?,20-,21+,22+,29+/m0/s1. The van der Waals surface area contributed by atoms with Crippen molar-refractivity contribution in [2.24, 2.45) is 7.05 Å². The van der Waals surface area contributed by atoms with Crippen LogP contribution in [-0.2, 0) is 40.9 Å². The Balaban J connectivity index is 1.07. The Morgan fingerprint density at radius 3 is 2.54 bits per heavy atom. The number of nitrogen functional groups attached to an aromatic ring is 1. The summed E-state index contributed by atoms with van der Waals surface area (Å²) in [5, 5.41) is 33.1. The summed E-state index contributed by atoms with van der Waals surface area (Å²) in [6.45, 7) is 6.08. The minimum atomic E-state index is -1.47. The number of aliphatic hydroxyl groups excluding tert-OH is 2. The number of ether oxygens (including phenoxy) is 1. The molecule has 0 aliphatic carbocycles. The number of fused-ring (bicyclic) bond motifs is 3. The highest BCUT2D eigenvalue weighted by Gasteiger charge is 2.47. The number of rotatable bonds is 9. The van der Waals surface area contributed by atoms with E-state index in [4.69, 9.17) is 10.5 Å². The topological polar surface area (TPSA) is 263 Å². The van der Waals surface area contributed by atoms with Crippen LogP contribution >= 0.6 is 0 Å². The van der Waals surface area contributed by atoms with E-state index < -0.39 is 47.7 Å². The Labute approximate surface area is 294 Å². The van der Waals surface area contributed by atoms with Gasteiger partial charge < -0.3 is 41.2 Å². The SMILES string of the molecule is CCNC(=O)[C@@H]1O[C@@H](n2cnc3c(N)nc(Nc4ccc5c(c4)CCC(C(=O)Nc4nc6c(c(=O)n(CC)c(=O)n6CC)n4C)N5)nc32)[C@H](O)[C@@H]1O. The molecule has 5 atom stereocenters. The zero-order valence-electron chi connectivity index (χ0n) is 28.8. The predicted octanol–water partition coefficient (Wildman–Crippen LogP) is -0.477. The third-order valence-electron chi connectivity index (χ3n) is 9.39. The van der Waals surface area contributed by atoms with Crippen LogP contribution < -0.4 is 38.2 Å². The molecule has 6 heterocycles. The van der Waals surface area contributed by atoms with Gasteiger partial charge in [-0.2, -0.15) is 15.0 Å². The van der Waals surface area contributed by atoms with Crippen molar-refractivity contribution in [3.8, 4) is 0 Å². The summed E-state index contributed by atoms with van der Waals surface area (Å²) in [7, 11) is 1.62. The van der Waals surface area contributed by atoms with Crippen molar-refractivity contribution in [2.45, 2.75) is 77.3 Å². The smallest absolute Gasteiger partial charge is 0.332 e. The maximum Gasteiger partial charge on any atom is 0.332 e. The lowest BCUT2D eigenvalue weighted by Gasteiger charge is -2.26. The molecule has 20 heteroatoms. The van der Waals surface area contributed by atoms with Crippen molar-refractivity contribution < 1.29 is 24.5 Å². The van der Waals surface area contributed by atoms with E-state index in [1.165, 1.54) is 20.0 Å². The van der Waals surface area contributed by atoms with Crippen LogP contribution in [0.3, 0.4) is 0 Å². The first-order chi connectivity index (χ1) is 24.9. The van der Waals surface area contributed by atoms with Crippen LogP contribution in [0.25, 0.3) is 22.3 Å². The average Bonchev–Trinajstić information content (AvgIpc) is 3.78. The van der Waals surface area contributed by atoms with Gasteiger partial charge in [-0.05, 0) is 57.4 Å². The van der Waals surface area contributed by atoms with Crippen molar-refractivity contribution in [3.63, 3.8) is 0 Å². The van der Waals surface area contributed by atoms with E-state index in [9.17, 15) is 29.4 Å². The fourth-order valence-corrected chi connectivity index (χ4v) is 6.70. The van der Waals surface area contributed by atoms with Gasteiger partial charge in [0.25, 0.3) is 11.5 Å². The molecule has 0 saturated carbocycles. The number of imidazole rings is 2. The van der Waals surface area contributed by atoms with Gasteiger partial charge in [0.1, 0.15) is 23.8 Å². The summed E-state index contributed by atoms with van der Waals surface area (Å²) in [6, 6.07) is 4.88. The molecule has 2 aliphatic heterocycles. The van der Waals surface area contributed by atoms with Crippen LogP contribution in [0, 0.1) is 0 Å². The molecular weight excluding hydrogens is 678 g/mol. The number of nitrogens with one attached hydrogen (secondary N) is 4. The second-order valence-corrected chi connectivity index (χ2v) is 12.5. The Hall–Kier alpha value is -5.86. The largest absolute Gasteiger partial charge is 0.387 e. The molecule has 1 unspecified atom stereocenters. The third-order valence-corrected chi connectivity index (χ3v) is 9.39. The summed E-state index contributed by atoms with van der Waals surface area (Å²) in [5.74, 6) is -0.557. The number of benzene rings is 1. The zero-order chi connectivity index (χ0) is 37.0. The van der Waals surface area contributed by atoms with Gasteiger partial charge in [0.15, 0.2) is 35.0 Å². The molecule has 0 radical (unpaired) electrons. The highest BCUT2D eigenvalue weighted by Crippen LogP contribution is 2.34. The Morgan fingerprint density at radius 2 is 1.81 bits per heavy atom. The summed E-state index contributed by atoms with van der Waals surface area (Å²) in [5.41, 5.74) is 8.49. The lowest BCUT2D eigenvalue weighted by molar-refractivity contribution is -0.137. The first kappa shape index (κ1) is 34.6. The number of amides is 2. The van der Waals surface area contributed by atoms with E-state index in [-0.39, 0.29) is 52.5 Å². The van der Waals surface area contributed by atoms with E-state index in [1.54, 1.807) is 33.9 Å². The Kier molecular flexibility index (Phi) is 8.88. The van der Waals surface area contributed by atoms with Gasteiger partial charge in [-0.25, -0.2) is 9.78 Å². The number of nitrogens with zero attached hydrogens (tertiary/aromatic N) is 8. The molecule has 20 nitrogen and oxygen atoms in total. The number of aliphatic hydroxyl groups is 2. The van der Waals surface area contributed by atoms with Crippen LogP contribution in [0.2, 0.25) is 0 Å². The van der Waals surface area contributed by atoms with Gasteiger partial charge in [0.05, 0.1) is 6.33 Å². The molecule has 0 spiro atoms. The van der Waals surface area contributed by atoms with Crippen LogP contribution in [0.4, 0.5) is 29.1 Å². The molecule has 1 aromatic carbocycles. The number of anilines is 5. The molecule has 4 aromatic heterocycles. The number of aryl methyl sites for hydroxylation is 3. The second-order valence-electron chi connectivity index (χ2n) is 12.5. The summed E-state index contributed by atoms with van der Waals surface area (Å²) in [6.07, 6.45) is -3.02. The zero-order valence-corrected chi connectivity index (χ0v) is 28.8. The first-order valence-corrected chi connectivity index (χ1v) is 16.9. The molecule has 1 fully saturated rings. The summed E-state index contributed by atoms with van der Waals surface area (Å²) >= 11 is 0. The maximum atomic E-state index is 13.4. The monoisotopic (exact) mass is 717 g/mol. The van der Waals surface area contributed by atoms with E-state index in [2.05, 4.69) is 41.2 Å². The number of hydrogen-bond acceptors (Lipinski definition) is 14. The van der Waals surface area contributed by atoms with Gasteiger partial charge in [-0.1, -0.05) is 0 Å². The van der Waals surface area contributed by atoms with Gasteiger partial charge in [-0.15, -0.1) is 0 Å². The summed E-state index contributed by atoms with van der Waals surface area (Å²) < 4.78 is 11.2. The Bertz CT molecular complexity index is 2340. The number of aromatic nitrogens is 8. The Morgan fingerprint density at radius 1 is 1.04 bits per heavy atom. The molecule has 2 aliphatic rings. The molecule has 1 saturated heterocycles. The van der Waals surface area contributed by atoms with E-state index in [0.29, 0.717) is 31.6 Å². The van der Waals surface area contributed by atoms with Crippen LogP contribution in [0.15, 0.2) is 34.1 Å². The van der Waals surface area contributed by atoms with E-state index in [0.717, 1.165) is 15.8 Å². The van der Waals surface area contributed by atoms with Crippen LogP contribution in [-0.4, -0.2) is 91.1 Å². The number of carbonyl (C=O) groups is 2. The minimum absolute atomic E-state index is 0.0580. The minimum Gasteiger partial charge on any atom is -0.387 e. The van der Waals surface area contributed by atoms with E-state index in [1.807, 2.05) is 12.1 Å². The van der Waals surface area contributed by atoms with Crippen molar-refractivity contribution in [3.05, 3.63) is 50.9 Å². The number of likely N-dealkylation sites (N-methyl/N-ethyl adjacent to an activating group) is 1. The van der Waals surface area contributed by atoms with Crippen LogP contribution in [0.1, 0.15) is 39.0 Å². The molecule has 274 valence electrons. The van der Waals surface area contributed by atoms with Crippen molar-refractivity contribution >= 4 is 63.2 Å². The predicted molar refractivity (Wildman–Crippen MR) is 189 cm³/mol. The molecule has 7 rings (SSSR count). The van der Waals surface area contributed by atoms with Gasteiger partial charge in [-0.3, -0.25) is 33.4 Å². The molecule has 2 amide bonds. The molecule has 52 heavy (non-hydrogen) atoms. The molecule has 8 N–H and O–H groups in total. The van der Waals surface area contributed by atoms with Gasteiger partial charge >= 0.3 is 5.69 Å². The number of carbonyl (C=O) groups excluding carboxylic acids is 2. The molecule has 5 aromatic rings. The summed E-state index contributed by atoms with van der Waals surface area (Å²) in [4.78, 5) is 69.3. The maximum absolute atomic E-state index is 13.4. The number of nitrogens with two attached hydrogens (primary N) is 1. The highest BCUT2D eigenvalue weighted by atomic mass is 16.6. The second kappa shape index (κ2) is 13.4. The number of hydrogen-bond donors (Lipinski definition) is 7. The van der Waals surface area contributed by atoms with E-state index >= 15 is 0 Å². The fourth-order valence-electron chi connectivity index (χ4n) is 6.70. The van der Waals surface area contributed by atoms with Crippen molar-refractivity contribution in [1.82, 2.24) is 43.5 Å². The average molecular weight is 718 g/mol. The van der Waals surface area contributed by atoms with Crippen LogP contribution in [0.5, 0.6) is 0 Å². The van der Waals surface area contributed by atoms with Gasteiger partial charge in [0.2, 0.25) is 17.8 Å². The van der Waals surface area contributed by atoms with Crippen molar-refractivity contribution in [1.29, 1.82) is 0 Å². The molecule has 0 bridgehead atoms. The normalized spacial score (nSPS) is 21.2. The molecular formula is C32H39N13O7. The lowest BCUT2D eigenvalue weighted by Crippen LogP contribution is -2.42. The fraction of sp³-hybridized carbons (Fsp3) is 0.438. The lowest BCUT2D eigenvalue weighted by atomic mass is 9.97. The third kappa shape index (κ3) is 5.69. The highest BCUT2D eigenvalue weighted by molar-refractivity contribution is 5.97. The quantitative estimate of drug-likeness (QED) is 0.102. The van der Waals surface area contributed by atoms with Crippen molar-refractivity contribution in [2.75, 3.05) is 28.2 Å².